The van der Waals surface area contributed by atoms with Crippen molar-refractivity contribution in [2.75, 3.05) is 44.2 Å². The number of rotatable bonds is 5. The Bertz CT molecular complexity index is 656. The number of hydrogen-bond acceptors (Lipinski definition) is 4. The van der Waals surface area contributed by atoms with E-state index in [1.165, 1.54) is 4.90 Å². The molecule has 0 spiro atoms. The van der Waals surface area contributed by atoms with Crippen molar-refractivity contribution >= 4 is 29.2 Å². The van der Waals surface area contributed by atoms with Gasteiger partial charge in [-0.3, -0.25) is 14.6 Å². The molecule has 2 fully saturated rings. The number of carbonyl (C=O) groups excluding carboxylic acids is 2. The van der Waals surface area contributed by atoms with E-state index in [1.54, 1.807) is 13.8 Å². The second-order valence-corrected chi connectivity index (χ2v) is 7.61. The second-order valence-electron chi connectivity index (χ2n) is 7.17. The number of nitrogens with zero attached hydrogens (tertiary/aromatic N) is 3. The number of hydrogen-bond donors (Lipinski definition) is 1. The van der Waals surface area contributed by atoms with Crippen LogP contribution in [-0.4, -0.2) is 66.5 Å². The molecule has 2 aliphatic heterocycles. The molecule has 0 unspecified atom stereocenters. The van der Waals surface area contributed by atoms with Crippen LogP contribution in [0.4, 0.5) is 10.5 Å². The fraction of sp³-hybridized carbons (Fsp3) is 0.556. The Labute approximate surface area is 153 Å². The summed E-state index contributed by atoms with van der Waals surface area (Å²) < 4.78 is 0. The first-order valence-corrected chi connectivity index (χ1v) is 9.11. The highest BCUT2D eigenvalue weighted by Gasteiger charge is 2.43. The molecule has 1 aromatic carbocycles. The maximum atomic E-state index is 12.2. The van der Waals surface area contributed by atoms with Crippen molar-refractivity contribution in [3.63, 3.8) is 0 Å². The molecule has 2 heterocycles. The predicted octanol–water partition coefficient (Wildman–Crippen LogP) is 2.18. The third kappa shape index (κ3) is 4.07. The van der Waals surface area contributed by atoms with Gasteiger partial charge >= 0.3 is 6.03 Å². The van der Waals surface area contributed by atoms with Crippen LogP contribution in [0.1, 0.15) is 20.3 Å². The lowest BCUT2D eigenvalue weighted by Crippen LogP contribution is -2.47. The normalized spacial score (nSPS) is 20.9. The molecule has 7 heteroatoms. The average molecular weight is 365 g/mol. The molecule has 0 bridgehead atoms. The Hall–Kier alpha value is -1.79. The lowest BCUT2D eigenvalue weighted by molar-refractivity contribution is -0.130. The maximum Gasteiger partial charge on any atom is 0.325 e. The molecule has 6 nitrogen and oxygen atoms in total. The highest BCUT2D eigenvalue weighted by molar-refractivity contribution is 6.30. The number of halogens is 1. The Morgan fingerprint density at radius 3 is 2.44 bits per heavy atom. The van der Waals surface area contributed by atoms with Crippen molar-refractivity contribution in [2.24, 2.45) is 0 Å². The molecule has 0 radical (unpaired) electrons. The van der Waals surface area contributed by atoms with Gasteiger partial charge in [0.25, 0.3) is 5.91 Å². The van der Waals surface area contributed by atoms with E-state index in [0.717, 1.165) is 49.9 Å². The van der Waals surface area contributed by atoms with Crippen molar-refractivity contribution in [1.82, 2.24) is 15.1 Å². The van der Waals surface area contributed by atoms with Crippen LogP contribution >= 0.6 is 11.6 Å². The quantitative estimate of drug-likeness (QED) is 0.814. The lowest BCUT2D eigenvalue weighted by atomic mass is 10.1. The number of carbonyl (C=O) groups is 2. The lowest BCUT2D eigenvalue weighted by Gasteiger charge is -2.36. The molecule has 1 N–H and O–H groups in total. The molecule has 0 aromatic heterocycles. The molecule has 0 aliphatic carbocycles. The summed E-state index contributed by atoms with van der Waals surface area (Å²) in [5.74, 6) is -0.136. The largest absolute Gasteiger partial charge is 0.369 e. The first-order valence-electron chi connectivity index (χ1n) is 8.74. The summed E-state index contributed by atoms with van der Waals surface area (Å²) in [4.78, 5) is 30.1. The van der Waals surface area contributed by atoms with Crippen molar-refractivity contribution in [3.05, 3.63) is 29.3 Å². The van der Waals surface area contributed by atoms with Gasteiger partial charge < -0.3 is 10.2 Å². The molecular weight excluding hydrogens is 340 g/mol. The van der Waals surface area contributed by atoms with E-state index < -0.39 is 5.54 Å². The van der Waals surface area contributed by atoms with Gasteiger partial charge in [0.1, 0.15) is 5.54 Å². The van der Waals surface area contributed by atoms with E-state index in [-0.39, 0.29) is 11.9 Å². The molecule has 1 aromatic rings. The zero-order valence-corrected chi connectivity index (χ0v) is 15.6. The summed E-state index contributed by atoms with van der Waals surface area (Å²) in [6, 6.07) is 7.67. The van der Waals surface area contributed by atoms with Crippen molar-refractivity contribution in [2.45, 2.75) is 25.8 Å². The monoisotopic (exact) mass is 364 g/mol. The van der Waals surface area contributed by atoms with E-state index in [4.69, 9.17) is 11.6 Å². The Morgan fingerprint density at radius 1 is 1.12 bits per heavy atom. The number of nitrogens with one attached hydrogen (secondary N) is 1. The Kier molecular flexibility index (Phi) is 5.20. The molecule has 0 saturated carbocycles. The summed E-state index contributed by atoms with van der Waals surface area (Å²) in [6.45, 7) is 8.69. The van der Waals surface area contributed by atoms with Crippen LogP contribution in [0.25, 0.3) is 0 Å². The number of urea groups is 1. The molecule has 2 aliphatic rings. The van der Waals surface area contributed by atoms with E-state index in [1.807, 2.05) is 18.2 Å². The van der Waals surface area contributed by atoms with Crippen LogP contribution in [0.5, 0.6) is 0 Å². The van der Waals surface area contributed by atoms with Crippen LogP contribution < -0.4 is 10.2 Å². The minimum Gasteiger partial charge on any atom is -0.369 e. The number of imide groups is 1. The summed E-state index contributed by atoms with van der Waals surface area (Å²) in [6.07, 6.45) is 0.798. The number of piperazine rings is 1. The fourth-order valence-electron chi connectivity index (χ4n) is 3.38. The van der Waals surface area contributed by atoms with Crippen LogP contribution in [-0.2, 0) is 4.79 Å². The minimum absolute atomic E-state index is 0.136. The van der Waals surface area contributed by atoms with Gasteiger partial charge in [0, 0.05) is 43.4 Å². The molecule has 136 valence electrons. The summed E-state index contributed by atoms with van der Waals surface area (Å²) >= 11 is 6.07. The van der Waals surface area contributed by atoms with Gasteiger partial charge in [0.15, 0.2) is 0 Å². The molecule has 2 saturated heterocycles. The van der Waals surface area contributed by atoms with Gasteiger partial charge in [0.05, 0.1) is 0 Å². The van der Waals surface area contributed by atoms with Crippen LogP contribution in [0.3, 0.4) is 0 Å². The highest BCUT2D eigenvalue weighted by atomic mass is 35.5. The summed E-state index contributed by atoms with van der Waals surface area (Å²) in [7, 11) is 0. The number of amides is 3. The van der Waals surface area contributed by atoms with Crippen LogP contribution in [0.2, 0.25) is 5.02 Å². The topological polar surface area (TPSA) is 55.9 Å². The van der Waals surface area contributed by atoms with Crippen molar-refractivity contribution < 1.29 is 9.59 Å². The van der Waals surface area contributed by atoms with E-state index in [9.17, 15) is 9.59 Å². The standard InChI is InChI=1S/C18H25ClN4O2/c1-18(2)16(24)23(17(25)20-18)8-4-7-21-9-11-22(12-10-21)15-6-3-5-14(19)13-15/h3,5-6,13H,4,7-12H2,1-2H3,(H,20,25). The zero-order chi connectivity index (χ0) is 18.0. The van der Waals surface area contributed by atoms with Crippen LogP contribution in [0, 0.1) is 0 Å². The fourth-order valence-corrected chi connectivity index (χ4v) is 3.56. The van der Waals surface area contributed by atoms with Gasteiger partial charge in [-0.15, -0.1) is 0 Å². The first kappa shape index (κ1) is 18.0. The first-order chi connectivity index (χ1) is 11.9. The van der Waals surface area contributed by atoms with Gasteiger partial charge in [-0.05, 0) is 45.0 Å². The predicted molar refractivity (Wildman–Crippen MR) is 99.0 cm³/mol. The SMILES string of the molecule is CC1(C)NC(=O)N(CCCN2CCN(c3cccc(Cl)c3)CC2)C1=O. The highest BCUT2D eigenvalue weighted by Crippen LogP contribution is 2.21. The summed E-state index contributed by atoms with van der Waals surface area (Å²) in [5, 5.41) is 3.48. The van der Waals surface area contributed by atoms with Crippen molar-refractivity contribution in [3.8, 4) is 0 Å². The van der Waals surface area contributed by atoms with Gasteiger partial charge in [-0.25, -0.2) is 4.79 Å². The molecule has 3 rings (SSSR count). The number of benzene rings is 1. The molecule has 25 heavy (non-hydrogen) atoms. The minimum atomic E-state index is -0.778. The van der Waals surface area contributed by atoms with Crippen LogP contribution in [0.15, 0.2) is 24.3 Å². The van der Waals surface area contributed by atoms with Gasteiger partial charge in [-0.1, -0.05) is 17.7 Å². The molecule has 0 atom stereocenters. The second kappa shape index (κ2) is 7.22. The van der Waals surface area contributed by atoms with E-state index in [0.29, 0.717) is 6.54 Å². The summed E-state index contributed by atoms with van der Waals surface area (Å²) in [5.41, 5.74) is 0.383. The van der Waals surface area contributed by atoms with E-state index in [2.05, 4.69) is 21.2 Å². The van der Waals surface area contributed by atoms with E-state index >= 15 is 0 Å². The maximum absolute atomic E-state index is 12.2. The van der Waals surface area contributed by atoms with Crippen molar-refractivity contribution in [1.29, 1.82) is 0 Å². The third-order valence-electron chi connectivity index (χ3n) is 4.85. The Morgan fingerprint density at radius 2 is 1.84 bits per heavy atom. The molecule has 3 amide bonds. The third-order valence-corrected chi connectivity index (χ3v) is 5.08. The average Bonchev–Trinajstić information content (AvgIpc) is 2.77. The zero-order valence-electron chi connectivity index (χ0n) is 14.8. The Balaban J connectivity index is 1.43. The number of anilines is 1. The van der Waals surface area contributed by atoms with Gasteiger partial charge in [-0.2, -0.15) is 0 Å². The molecular formula is C18H25ClN4O2. The van der Waals surface area contributed by atoms with Gasteiger partial charge in [0.2, 0.25) is 0 Å². The smallest absolute Gasteiger partial charge is 0.325 e.